The number of benzene rings is 1. The summed E-state index contributed by atoms with van der Waals surface area (Å²) in [5.74, 6) is -1.58. The van der Waals surface area contributed by atoms with Crippen LogP contribution >= 0.6 is 11.6 Å². The molecule has 2 aromatic rings. The third-order valence-corrected chi connectivity index (χ3v) is 9.82. The highest BCUT2D eigenvalue weighted by Crippen LogP contribution is 2.40. The molecule has 3 N–H and O–H groups in total. The smallest absolute Gasteiger partial charge is 0.274 e. The molecule has 2 atom stereocenters. The SMILES string of the molecule is C[C@]1(CC2CCOCC2)C(=N)N[C@](C)(c2cc(NC(=O)c3ccc(Cl)cn3)ccc2F)CS1(=O)=O. The molecule has 0 spiro atoms. The molecule has 1 amide bonds. The van der Waals surface area contributed by atoms with Crippen LogP contribution in [0.2, 0.25) is 5.02 Å². The number of nitrogens with one attached hydrogen (secondary N) is 3. The lowest BCUT2D eigenvalue weighted by Gasteiger charge is -2.46. The maximum atomic E-state index is 15.0. The molecule has 11 heteroatoms. The van der Waals surface area contributed by atoms with Crippen molar-refractivity contribution in [2.75, 3.05) is 24.3 Å². The van der Waals surface area contributed by atoms with Gasteiger partial charge in [0.1, 0.15) is 22.1 Å². The predicted molar refractivity (Wildman–Crippen MR) is 132 cm³/mol. The number of amidine groups is 1. The van der Waals surface area contributed by atoms with Crippen molar-refractivity contribution in [3.8, 4) is 0 Å². The Morgan fingerprint density at radius 3 is 2.63 bits per heavy atom. The Kier molecular flexibility index (Phi) is 6.91. The average molecular weight is 523 g/mol. The maximum absolute atomic E-state index is 15.0. The largest absolute Gasteiger partial charge is 0.381 e. The lowest BCUT2D eigenvalue weighted by atomic mass is 9.86. The maximum Gasteiger partial charge on any atom is 0.274 e. The molecule has 0 saturated carbocycles. The molecule has 4 rings (SSSR count). The van der Waals surface area contributed by atoms with E-state index in [0.29, 0.717) is 24.7 Å². The van der Waals surface area contributed by atoms with Crippen LogP contribution in [0.3, 0.4) is 0 Å². The zero-order chi connectivity index (χ0) is 25.4. The number of pyridine rings is 1. The zero-order valence-corrected chi connectivity index (χ0v) is 21.1. The van der Waals surface area contributed by atoms with Gasteiger partial charge in [-0.05, 0) is 69.4 Å². The van der Waals surface area contributed by atoms with Crippen molar-refractivity contribution >= 4 is 38.9 Å². The lowest BCUT2D eigenvalue weighted by Crippen LogP contribution is -2.65. The summed E-state index contributed by atoms with van der Waals surface area (Å²) >= 11 is 5.81. The van der Waals surface area contributed by atoms with E-state index in [-0.39, 0.29) is 28.7 Å². The Morgan fingerprint density at radius 2 is 2.00 bits per heavy atom. The first-order chi connectivity index (χ1) is 16.4. The number of rotatable bonds is 5. The van der Waals surface area contributed by atoms with Crippen molar-refractivity contribution in [3.05, 3.63) is 58.6 Å². The van der Waals surface area contributed by atoms with Crippen molar-refractivity contribution in [3.63, 3.8) is 0 Å². The van der Waals surface area contributed by atoms with Gasteiger partial charge in [-0.1, -0.05) is 11.6 Å². The van der Waals surface area contributed by atoms with Crippen LogP contribution in [0, 0.1) is 17.1 Å². The van der Waals surface area contributed by atoms with Gasteiger partial charge < -0.3 is 15.4 Å². The number of aromatic nitrogens is 1. The van der Waals surface area contributed by atoms with Gasteiger partial charge in [0.05, 0.1) is 16.3 Å². The van der Waals surface area contributed by atoms with Crippen LogP contribution in [0.4, 0.5) is 10.1 Å². The molecule has 2 fully saturated rings. The minimum atomic E-state index is -3.83. The average Bonchev–Trinajstić information content (AvgIpc) is 2.80. The fourth-order valence-corrected chi connectivity index (χ4v) is 7.02. The van der Waals surface area contributed by atoms with Crippen LogP contribution in [-0.2, 0) is 20.1 Å². The van der Waals surface area contributed by atoms with E-state index in [1.807, 2.05) is 0 Å². The molecule has 8 nitrogen and oxygen atoms in total. The highest BCUT2D eigenvalue weighted by atomic mass is 35.5. The summed E-state index contributed by atoms with van der Waals surface area (Å²) < 4.78 is 46.1. The quantitative estimate of drug-likeness (QED) is 0.547. The molecule has 35 heavy (non-hydrogen) atoms. The number of ether oxygens (including phenoxy) is 1. The second-order valence-corrected chi connectivity index (χ2v) is 12.4. The van der Waals surface area contributed by atoms with Gasteiger partial charge in [0.25, 0.3) is 5.91 Å². The van der Waals surface area contributed by atoms with E-state index < -0.39 is 37.6 Å². The van der Waals surface area contributed by atoms with E-state index in [1.165, 1.54) is 36.5 Å². The number of sulfone groups is 1. The molecule has 0 aliphatic carbocycles. The van der Waals surface area contributed by atoms with Crippen LogP contribution in [0.25, 0.3) is 0 Å². The summed E-state index contributed by atoms with van der Waals surface area (Å²) in [5, 5.41) is 14.7. The van der Waals surface area contributed by atoms with E-state index in [9.17, 15) is 17.6 Å². The van der Waals surface area contributed by atoms with Crippen LogP contribution in [0.5, 0.6) is 0 Å². The van der Waals surface area contributed by atoms with Crippen molar-refractivity contribution in [1.82, 2.24) is 10.3 Å². The first kappa shape index (κ1) is 25.5. The van der Waals surface area contributed by atoms with E-state index >= 15 is 0 Å². The molecule has 188 valence electrons. The topological polar surface area (TPSA) is 121 Å². The zero-order valence-electron chi connectivity index (χ0n) is 19.5. The second-order valence-electron chi connectivity index (χ2n) is 9.59. The summed E-state index contributed by atoms with van der Waals surface area (Å²) in [6.45, 7) is 4.28. The number of nitrogens with zero attached hydrogens (tertiary/aromatic N) is 1. The molecule has 2 aliphatic heterocycles. The molecule has 1 aromatic carbocycles. The normalized spacial score (nSPS) is 26.7. The van der Waals surface area contributed by atoms with Gasteiger partial charge in [-0.3, -0.25) is 10.2 Å². The van der Waals surface area contributed by atoms with Crippen LogP contribution < -0.4 is 10.6 Å². The Bertz CT molecular complexity index is 1250. The summed E-state index contributed by atoms with van der Waals surface area (Å²) in [5.41, 5.74) is -0.962. The minimum Gasteiger partial charge on any atom is -0.381 e. The van der Waals surface area contributed by atoms with Gasteiger partial charge >= 0.3 is 0 Å². The van der Waals surface area contributed by atoms with Crippen LogP contribution in [-0.4, -0.2) is 48.9 Å². The monoisotopic (exact) mass is 522 g/mol. The summed E-state index contributed by atoms with van der Waals surface area (Å²) in [6.07, 6.45) is 3.14. The summed E-state index contributed by atoms with van der Waals surface area (Å²) in [4.78, 5) is 16.5. The van der Waals surface area contributed by atoms with Crippen molar-refractivity contribution < 1.29 is 22.3 Å². The standard InChI is InChI=1S/C24H28ClFN4O4S/c1-23(14-35(32,33)24(2,22(27)30-23)12-15-7-9-34-10-8-15)18-11-17(4-5-19(18)26)29-21(31)20-6-3-16(25)13-28-20/h3-6,11,13,15H,7-10,12,14H2,1-2H3,(H2,27,30)(H,29,31)/t23-,24-/m0/s1. The Labute approximate surface area is 209 Å². The highest BCUT2D eigenvalue weighted by molar-refractivity contribution is 7.93. The Hall–Kier alpha value is -2.56. The third kappa shape index (κ3) is 5.05. The molecule has 3 heterocycles. The van der Waals surface area contributed by atoms with Gasteiger partial charge in [0.15, 0.2) is 9.84 Å². The summed E-state index contributed by atoms with van der Waals surface area (Å²) in [6, 6.07) is 6.92. The Balaban J connectivity index is 1.59. The molecule has 0 radical (unpaired) electrons. The fourth-order valence-electron chi connectivity index (χ4n) is 4.75. The van der Waals surface area contributed by atoms with E-state index in [2.05, 4.69) is 15.6 Å². The molecule has 0 bridgehead atoms. The van der Waals surface area contributed by atoms with Gasteiger partial charge in [-0.25, -0.2) is 17.8 Å². The molecule has 0 unspecified atom stereocenters. The van der Waals surface area contributed by atoms with E-state index in [4.69, 9.17) is 21.7 Å². The first-order valence-electron chi connectivity index (χ1n) is 11.3. The molecule has 2 aliphatic rings. The highest BCUT2D eigenvalue weighted by Gasteiger charge is 2.54. The number of carbonyl (C=O) groups is 1. The van der Waals surface area contributed by atoms with Crippen LogP contribution in [0.15, 0.2) is 36.5 Å². The number of hydrogen-bond donors (Lipinski definition) is 3. The number of hydrogen-bond acceptors (Lipinski definition) is 6. The first-order valence-corrected chi connectivity index (χ1v) is 13.4. The van der Waals surface area contributed by atoms with E-state index in [1.54, 1.807) is 13.8 Å². The van der Waals surface area contributed by atoms with Crippen molar-refractivity contribution in [2.24, 2.45) is 5.92 Å². The van der Waals surface area contributed by atoms with Gasteiger partial charge in [-0.15, -0.1) is 0 Å². The molecular weight excluding hydrogens is 495 g/mol. The number of carbonyl (C=O) groups excluding carboxylic acids is 1. The van der Waals surface area contributed by atoms with E-state index in [0.717, 1.165) is 12.8 Å². The fraction of sp³-hybridized carbons (Fsp3) is 0.458. The minimum absolute atomic E-state index is 0.0424. The van der Waals surface area contributed by atoms with Crippen LogP contribution in [0.1, 0.15) is 49.2 Å². The summed E-state index contributed by atoms with van der Waals surface area (Å²) in [7, 11) is -3.83. The number of halogens is 2. The molecule has 2 saturated heterocycles. The Morgan fingerprint density at radius 1 is 1.29 bits per heavy atom. The van der Waals surface area contributed by atoms with Crippen molar-refractivity contribution in [1.29, 1.82) is 5.41 Å². The predicted octanol–water partition coefficient (Wildman–Crippen LogP) is 3.91. The van der Waals surface area contributed by atoms with Crippen molar-refractivity contribution in [2.45, 2.75) is 43.4 Å². The molecular formula is C24H28ClFN4O4S. The molecule has 1 aromatic heterocycles. The number of amides is 1. The third-order valence-electron chi connectivity index (χ3n) is 6.89. The van der Waals surface area contributed by atoms with Gasteiger partial charge in [0, 0.05) is 30.7 Å². The van der Waals surface area contributed by atoms with Gasteiger partial charge in [-0.2, -0.15) is 0 Å². The van der Waals surface area contributed by atoms with Gasteiger partial charge in [0.2, 0.25) is 0 Å². The second kappa shape index (κ2) is 9.48. The lowest BCUT2D eigenvalue weighted by molar-refractivity contribution is 0.0623. The number of anilines is 1.